The first-order valence-electron chi connectivity index (χ1n) is 13.6. The van der Waals surface area contributed by atoms with Crippen LogP contribution in [0.15, 0.2) is 36.5 Å². The Balaban J connectivity index is 1.46. The van der Waals surface area contributed by atoms with Crippen LogP contribution in [0, 0.1) is 0 Å². The number of hydrogen-bond donors (Lipinski definition) is 1. The molecule has 0 unspecified atom stereocenters. The lowest BCUT2D eigenvalue weighted by Crippen LogP contribution is -2.41. The van der Waals surface area contributed by atoms with E-state index in [4.69, 9.17) is 25.2 Å². The van der Waals surface area contributed by atoms with E-state index in [9.17, 15) is 8.78 Å². The Morgan fingerprint density at radius 3 is 2.41 bits per heavy atom. The minimum atomic E-state index is -2.84. The second-order valence-corrected chi connectivity index (χ2v) is 9.97. The van der Waals surface area contributed by atoms with Crippen LogP contribution in [0.25, 0.3) is 28.4 Å². The first-order valence-corrected chi connectivity index (χ1v) is 13.6. The van der Waals surface area contributed by atoms with Crippen molar-refractivity contribution in [2.24, 2.45) is 0 Å². The lowest BCUT2D eigenvalue weighted by molar-refractivity contribution is 0.0393. The van der Waals surface area contributed by atoms with Crippen molar-refractivity contribution in [3.05, 3.63) is 42.4 Å². The molecular formula is C27H32F2N10O2. The monoisotopic (exact) mass is 566 g/mol. The number of rotatable bonds is 8. The van der Waals surface area contributed by atoms with E-state index in [2.05, 4.69) is 19.9 Å². The van der Waals surface area contributed by atoms with Gasteiger partial charge in [-0.15, -0.1) is 0 Å². The molecule has 0 amide bonds. The van der Waals surface area contributed by atoms with Gasteiger partial charge >= 0.3 is 0 Å². The minimum absolute atomic E-state index is 0.0461. The predicted octanol–water partition coefficient (Wildman–Crippen LogP) is 2.40. The normalized spacial score (nSPS) is 16.5. The highest BCUT2D eigenvalue weighted by Crippen LogP contribution is 2.32. The Labute approximate surface area is 235 Å². The van der Waals surface area contributed by atoms with E-state index in [0.29, 0.717) is 66.9 Å². The molecule has 2 saturated heterocycles. The average Bonchev–Trinajstić information content (AvgIpc) is 3.41. The van der Waals surface area contributed by atoms with Gasteiger partial charge in [-0.1, -0.05) is 12.1 Å². The van der Waals surface area contributed by atoms with E-state index in [-0.39, 0.29) is 11.8 Å². The van der Waals surface area contributed by atoms with E-state index in [0.717, 1.165) is 32.8 Å². The summed E-state index contributed by atoms with van der Waals surface area (Å²) in [7, 11) is 1.95. The number of anilines is 3. The number of nitrogen functional groups attached to an aromatic ring is 1. The van der Waals surface area contributed by atoms with Gasteiger partial charge in [0.2, 0.25) is 11.9 Å². The predicted molar refractivity (Wildman–Crippen MR) is 151 cm³/mol. The molecule has 0 spiro atoms. The molecule has 41 heavy (non-hydrogen) atoms. The molecule has 1 aromatic carbocycles. The van der Waals surface area contributed by atoms with Gasteiger partial charge in [0.25, 0.3) is 6.43 Å². The number of hydrogen-bond acceptors (Lipinski definition) is 11. The maximum absolute atomic E-state index is 14.3. The quantitative estimate of drug-likeness (QED) is 0.338. The van der Waals surface area contributed by atoms with Crippen molar-refractivity contribution in [2.75, 3.05) is 88.3 Å². The lowest BCUT2D eigenvalue weighted by Gasteiger charge is -2.29. The molecule has 3 aromatic heterocycles. The van der Waals surface area contributed by atoms with E-state index < -0.39 is 12.2 Å². The molecule has 0 saturated carbocycles. The number of halogens is 2. The fourth-order valence-corrected chi connectivity index (χ4v) is 5.04. The topological polar surface area (TPSA) is 124 Å². The third-order valence-corrected chi connectivity index (χ3v) is 7.23. The molecule has 0 radical (unpaired) electrons. The summed E-state index contributed by atoms with van der Waals surface area (Å²) in [6.45, 7) is 6.82. The third-order valence-electron chi connectivity index (χ3n) is 7.23. The van der Waals surface area contributed by atoms with Crippen molar-refractivity contribution >= 4 is 28.5 Å². The molecule has 6 rings (SSSR count). The van der Waals surface area contributed by atoms with Gasteiger partial charge in [-0.25, -0.2) is 18.7 Å². The zero-order valence-electron chi connectivity index (χ0n) is 22.8. The van der Waals surface area contributed by atoms with Crippen molar-refractivity contribution in [3.63, 3.8) is 0 Å². The van der Waals surface area contributed by atoms with Crippen LogP contribution in [-0.2, 0) is 9.47 Å². The number of nitrogens with zero attached hydrogens (tertiary/aromatic N) is 9. The van der Waals surface area contributed by atoms with E-state index >= 15 is 0 Å². The van der Waals surface area contributed by atoms with Crippen LogP contribution in [-0.4, -0.2) is 107 Å². The van der Waals surface area contributed by atoms with Crippen molar-refractivity contribution in [3.8, 4) is 17.3 Å². The Bertz CT molecular complexity index is 1500. The summed E-state index contributed by atoms with van der Waals surface area (Å²) in [6.07, 6.45) is -1.25. The zero-order chi connectivity index (χ0) is 28.3. The summed E-state index contributed by atoms with van der Waals surface area (Å²) < 4.78 is 40.8. The largest absolute Gasteiger partial charge is 0.397 e. The highest BCUT2D eigenvalue weighted by Gasteiger charge is 2.26. The first-order chi connectivity index (χ1) is 20.0. The zero-order valence-corrected chi connectivity index (χ0v) is 22.8. The number of alkyl halides is 2. The summed E-state index contributed by atoms with van der Waals surface area (Å²) in [5.41, 5.74) is 8.10. The highest BCUT2D eigenvalue weighted by molar-refractivity contribution is 5.78. The van der Waals surface area contributed by atoms with Gasteiger partial charge < -0.3 is 25.0 Å². The molecule has 0 bridgehead atoms. The Kier molecular flexibility index (Phi) is 7.85. The first kappa shape index (κ1) is 27.2. The Morgan fingerprint density at radius 1 is 0.951 bits per heavy atom. The van der Waals surface area contributed by atoms with E-state index in [1.807, 2.05) is 16.8 Å². The molecule has 2 fully saturated rings. The number of fused-ring (bicyclic) bond motifs is 1. The van der Waals surface area contributed by atoms with Gasteiger partial charge in [0.15, 0.2) is 11.6 Å². The van der Waals surface area contributed by atoms with Crippen molar-refractivity contribution in [1.82, 2.24) is 34.4 Å². The number of nitrogens with two attached hydrogens (primary N) is 1. The van der Waals surface area contributed by atoms with Gasteiger partial charge in [-0.05, 0) is 18.2 Å². The van der Waals surface area contributed by atoms with Crippen LogP contribution >= 0.6 is 0 Å². The number of benzene rings is 1. The highest BCUT2D eigenvalue weighted by atomic mass is 19.3. The van der Waals surface area contributed by atoms with Crippen LogP contribution < -0.4 is 15.5 Å². The standard InChI is InChI=1S/C27H32F2N10O2/c1-36(6-7-37-8-12-40-13-9-37)24-19(16-18(30)17-31-24)23-33-26(38-10-14-41-15-11-38)35-27(34-23)39-21-5-3-2-4-20(21)32-25(39)22(28)29/h2-5,16-17,22H,6-15,30H2,1H3. The average molecular weight is 567 g/mol. The van der Waals surface area contributed by atoms with Crippen LogP contribution in [0.3, 0.4) is 0 Å². The summed E-state index contributed by atoms with van der Waals surface area (Å²) in [5, 5.41) is 0. The molecule has 0 aliphatic carbocycles. The van der Waals surface area contributed by atoms with E-state index in [1.54, 1.807) is 36.5 Å². The fraction of sp³-hybridized carbons (Fsp3) is 0.444. The van der Waals surface area contributed by atoms with Crippen molar-refractivity contribution < 1.29 is 18.3 Å². The molecule has 5 heterocycles. The van der Waals surface area contributed by atoms with Crippen LogP contribution in [0.1, 0.15) is 12.2 Å². The SMILES string of the molecule is CN(CCN1CCOCC1)c1ncc(N)cc1-c1nc(N2CCOCC2)nc(-n2c(C(F)F)nc3ccccc32)n1. The second-order valence-electron chi connectivity index (χ2n) is 9.97. The lowest BCUT2D eigenvalue weighted by atomic mass is 10.2. The fourth-order valence-electron chi connectivity index (χ4n) is 5.04. The van der Waals surface area contributed by atoms with Crippen LogP contribution in [0.2, 0.25) is 0 Å². The number of pyridine rings is 1. The molecule has 4 aromatic rings. The smallest absolute Gasteiger partial charge is 0.296 e. The Morgan fingerprint density at radius 2 is 1.66 bits per heavy atom. The number of para-hydroxylation sites is 2. The minimum Gasteiger partial charge on any atom is -0.397 e. The number of aromatic nitrogens is 6. The molecule has 2 aliphatic rings. The van der Waals surface area contributed by atoms with Gasteiger partial charge in [0.05, 0.1) is 54.9 Å². The molecule has 2 aliphatic heterocycles. The van der Waals surface area contributed by atoms with Gasteiger partial charge in [0.1, 0.15) is 5.82 Å². The summed E-state index contributed by atoms with van der Waals surface area (Å²) in [6, 6.07) is 8.69. The van der Waals surface area contributed by atoms with Gasteiger partial charge in [0, 0.05) is 46.3 Å². The molecule has 14 heteroatoms. The van der Waals surface area contributed by atoms with Crippen LogP contribution in [0.4, 0.5) is 26.2 Å². The maximum Gasteiger partial charge on any atom is 0.296 e. The number of imidazole rings is 1. The second kappa shape index (κ2) is 11.8. The van der Waals surface area contributed by atoms with Crippen LogP contribution in [0.5, 0.6) is 0 Å². The summed E-state index contributed by atoms with van der Waals surface area (Å²) >= 11 is 0. The molecule has 12 nitrogen and oxygen atoms in total. The van der Waals surface area contributed by atoms with Crippen molar-refractivity contribution in [1.29, 1.82) is 0 Å². The number of morpholine rings is 2. The maximum atomic E-state index is 14.3. The van der Waals surface area contributed by atoms with E-state index in [1.165, 1.54) is 4.57 Å². The molecule has 216 valence electrons. The molecule has 0 atom stereocenters. The number of likely N-dealkylation sites (N-methyl/N-ethyl adjacent to an activating group) is 1. The number of ether oxygens (including phenoxy) is 2. The van der Waals surface area contributed by atoms with Gasteiger partial charge in [-0.3, -0.25) is 9.47 Å². The molecule has 2 N–H and O–H groups in total. The van der Waals surface area contributed by atoms with Gasteiger partial charge in [-0.2, -0.15) is 15.0 Å². The summed E-state index contributed by atoms with van der Waals surface area (Å²) in [4.78, 5) is 29.3. The Hall–Kier alpha value is -4.01. The summed E-state index contributed by atoms with van der Waals surface area (Å²) in [5.74, 6) is 0.870. The van der Waals surface area contributed by atoms with Crippen molar-refractivity contribution in [2.45, 2.75) is 6.43 Å². The molecular weight excluding hydrogens is 534 g/mol. The third kappa shape index (κ3) is 5.76.